The Morgan fingerprint density at radius 1 is 0.544 bits per heavy atom. The maximum atomic E-state index is 12.9. The predicted octanol–water partition coefficient (Wildman–Crippen LogP) is 7.97. The zero-order chi connectivity index (χ0) is 47.4. The zero-order valence-corrected chi connectivity index (χ0v) is 39.3. The number of likely N-dealkylation sites (tertiary alicyclic amines) is 2. The first-order valence-corrected chi connectivity index (χ1v) is 24.7. The zero-order valence-electron chi connectivity index (χ0n) is 37.6. The van der Waals surface area contributed by atoms with Crippen LogP contribution in [0.15, 0.2) is 96.0 Å². The lowest BCUT2D eigenvalue weighted by molar-refractivity contribution is -0.138. The minimum Gasteiger partial charge on any atom is -0.367 e. The molecule has 14 nitrogen and oxygen atoms in total. The van der Waals surface area contributed by atoms with Crippen LogP contribution in [-0.2, 0) is 26.4 Å². The molecule has 22 heteroatoms. The first-order chi connectivity index (χ1) is 32.8. The number of rotatable bonds is 14. The van der Waals surface area contributed by atoms with Gasteiger partial charge in [-0.3, -0.25) is 9.97 Å². The number of hydrogen-bond donors (Lipinski definition) is 0. The van der Waals surface area contributed by atoms with Gasteiger partial charge in [-0.25, -0.2) is 9.97 Å². The van der Waals surface area contributed by atoms with Crippen molar-refractivity contribution in [3.63, 3.8) is 0 Å². The molecule has 6 aromatic rings. The number of anilines is 2. The topological polar surface area (TPSA) is 126 Å². The number of benzene rings is 2. The molecule has 0 spiro atoms. The van der Waals surface area contributed by atoms with Crippen molar-refractivity contribution in [3.8, 4) is 23.0 Å². The van der Waals surface area contributed by atoms with Crippen LogP contribution in [-0.4, -0.2) is 135 Å². The molecule has 0 radical (unpaired) electrons. The minimum absolute atomic E-state index is 0.373. The molecule has 4 aromatic heterocycles. The van der Waals surface area contributed by atoms with Crippen LogP contribution >= 0.6 is 23.5 Å². The SMILES string of the molecule is Cn1c(SCCCN2C[C@@H]3CCN(c4ccc(C(F)(F)F)cc4)[C@@H]3C2)nnc1-c1cnccn1.Cn1c(SCCCN2C[C@H]3CCN(c4ccc(C(F)(F)F)cc4)[C@H]3C2)nnc1-c1cnccn1. The molecule has 0 bridgehead atoms. The van der Waals surface area contributed by atoms with Crippen molar-refractivity contribution in [1.82, 2.24) is 59.3 Å². The number of hydrogen-bond acceptors (Lipinski definition) is 14. The Balaban J connectivity index is 0.000000170. The average molecular weight is 979 g/mol. The van der Waals surface area contributed by atoms with E-state index in [9.17, 15) is 26.3 Å². The van der Waals surface area contributed by atoms with Gasteiger partial charge in [-0.05, 0) is 99.1 Å². The third-order valence-corrected chi connectivity index (χ3v) is 15.5. The number of halogens is 6. The van der Waals surface area contributed by atoms with Gasteiger partial charge in [-0.1, -0.05) is 23.5 Å². The first-order valence-electron chi connectivity index (χ1n) is 22.7. The molecule has 360 valence electrons. The van der Waals surface area contributed by atoms with Crippen molar-refractivity contribution in [1.29, 1.82) is 0 Å². The molecule has 8 heterocycles. The van der Waals surface area contributed by atoms with E-state index < -0.39 is 23.5 Å². The van der Waals surface area contributed by atoms with Gasteiger partial charge >= 0.3 is 12.4 Å². The van der Waals surface area contributed by atoms with Gasteiger partial charge < -0.3 is 28.7 Å². The van der Waals surface area contributed by atoms with Gasteiger partial charge in [0.15, 0.2) is 22.0 Å². The summed E-state index contributed by atoms with van der Waals surface area (Å²) in [4.78, 5) is 26.3. The number of aromatic nitrogens is 10. The molecule has 4 atom stereocenters. The fourth-order valence-corrected chi connectivity index (χ4v) is 11.5. The van der Waals surface area contributed by atoms with Crippen LogP contribution in [0.25, 0.3) is 23.0 Å². The number of nitrogens with zero attached hydrogens (tertiary/aromatic N) is 14. The summed E-state index contributed by atoms with van der Waals surface area (Å²) in [6.07, 6.45) is 5.52. The summed E-state index contributed by atoms with van der Waals surface area (Å²) < 4.78 is 81.2. The van der Waals surface area contributed by atoms with Crippen molar-refractivity contribution in [2.45, 2.75) is 60.4 Å². The molecular weight excluding hydrogens is 927 g/mol. The maximum Gasteiger partial charge on any atom is 0.416 e. The Bertz CT molecular complexity index is 2390. The van der Waals surface area contributed by atoms with E-state index in [4.69, 9.17) is 0 Å². The van der Waals surface area contributed by atoms with Crippen LogP contribution in [0, 0.1) is 11.8 Å². The third-order valence-electron chi connectivity index (χ3n) is 13.3. The van der Waals surface area contributed by atoms with Crippen LogP contribution in [0.5, 0.6) is 0 Å². The molecular formula is C46H52F6N14S2. The number of thioether (sulfide) groups is 2. The monoisotopic (exact) mass is 978 g/mol. The highest BCUT2D eigenvalue weighted by Crippen LogP contribution is 2.39. The predicted molar refractivity (Wildman–Crippen MR) is 249 cm³/mol. The lowest BCUT2D eigenvalue weighted by Gasteiger charge is -2.27. The Kier molecular flexibility index (Phi) is 14.5. The Morgan fingerprint density at radius 3 is 1.32 bits per heavy atom. The molecule has 0 saturated carbocycles. The van der Waals surface area contributed by atoms with E-state index in [2.05, 4.69) is 59.9 Å². The van der Waals surface area contributed by atoms with E-state index >= 15 is 0 Å². The smallest absolute Gasteiger partial charge is 0.367 e. The molecule has 0 amide bonds. The summed E-state index contributed by atoms with van der Waals surface area (Å²) in [5.41, 5.74) is 1.99. The molecule has 10 rings (SSSR count). The summed E-state index contributed by atoms with van der Waals surface area (Å²) >= 11 is 3.36. The lowest BCUT2D eigenvalue weighted by atomic mass is 10.0. The van der Waals surface area contributed by atoms with Gasteiger partial charge in [0.25, 0.3) is 0 Å². The highest BCUT2D eigenvalue weighted by Gasteiger charge is 2.43. The Labute approximate surface area is 399 Å². The number of alkyl halides is 6. The van der Waals surface area contributed by atoms with E-state index in [0.717, 1.165) is 111 Å². The first kappa shape index (κ1) is 47.7. The van der Waals surface area contributed by atoms with Crippen molar-refractivity contribution in [3.05, 3.63) is 96.8 Å². The average Bonchev–Trinajstić information content (AvgIpc) is 4.20. The van der Waals surface area contributed by atoms with Crippen LogP contribution in [0.3, 0.4) is 0 Å². The summed E-state index contributed by atoms with van der Waals surface area (Å²) in [5, 5.41) is 18.8. The van der Waals surface area contributed by atoms with E-state index in [1.165, 1.54) is 24.3 Å². The van der Waals surface area contributed by atoms with E-state index in [-0.39, 0.29) is 0 Å². The molecule has 2 aromatic carbocycles. The molecule has 68 heavy (non-hydrogen) atoms. The van der Waals surface area contributed by atoms with Gasteiger partial charge in [0.2, 0.25) is 0 Å². The van der Waals surface area contributed by atoms with E-state index in [0.29, 0.717) is 47.0 Å². The highest BCUT2D eigenvalue weighted by atomic mass is 32.2. The number of fused-ring (bicyclic) bond motifs is 2. The van der Waals surface area contributed by atoms with Crippen molar-refractivity contribution in [2.24, 2.45) is 25.9 Å². The van der Waals surface area contributed by atoms with Crippen LogP contribution in [0.4, 0.5) is 37.7 Å². The van der Waals surface area contributed by atoms with Gasteiger partial charge in [0.1, 0.15) is 11.4 Å². The summed E-state index contributed by atoms with van der Waals surface area (Å²) in [5.74, 6) is 4.41. The van der Waals surface area contributed by atoms with Crippen LogP contribution in [0.2, 0.25) is 0 Å². The fraction of sp³-hybridized carbons (Fsp3) is 0.478. The molecule has 0 aliphatic carbocycles. The van der Waals surface area contributed by atoms with Crippen molar-refractivity contribution >= 4 is 34.9 Å². The van der Waals surface area contributed by atoms with Crippen LogP contribution in [0.1, 0.15) is 36.8 Å². The van der Waals surface area contributed by atoms with Crippen LogP contribution < -0.4 is 9.80 Å². The largest absolute Gasteiger partial charge is 0.416 e. The quantitative estimate of drug-likeness (QED) is 0.0595. The third kappa shape index (κ3) is 10.9. The van der Waals surface area contributed by atoms with E-state index in [1.54, 1.807) is 85.0 Å². The molecule has 4 aliphatic rings. The summed E-state index contributed by atoms with van der Waals surface area (Å²) in [7, 11) is 3.87. The van der Waals surface area contributed by atoms with Crippen molar-refractivity contribution in [2.75, 3.05) is 73.7 Å². The van der Waals surface area contributed by atoms with E-state index in [1.807, 2.05) is 23.2 Å². The standard InChI is InChI=1S/2C23H26F3N7S/c2*1-31-21(19-13-27-8-9-28-19)29-30-22(31)34-12-2-10-32-14-16-7-11-33(20(16)15-32)18-5-3-17(4-6-18)23(24,25)26/h2*3-6,8-9,13,16,20H,2,7,10-12,14-15H2,1H3/t2*16-,20+/m10/s1. The van der Waals surface area contributed by atoms with Gasteiger partial charge in [0, 0.05) is 113 Å². The second-order valence-electron chi connectivity index (χ2n) is 17.5. The van der Waals surface area contributed by atoms with Gasteiger partial charge in [-0.2, -0.15) is 26.3 Å². The molecule has 0 N–H and O–H groups in total. The van der Waals surface area contributed by atoms with Gasteiger partial charge in [-0.15, -0.1) is 20.4 Å². The Hall–Kier alpha value is -5.32. The molecule has 4 saturated heterocycles. The fourth-order valence-electron chi connectivity index (χ4n) is 9.85. The Morgan fingerprint density at radius 2 is 0.956 bits per heavy atom. The van der Waals surface area contributed by atoms with Crippen molar-refractivity contribution < 1.29 is 26.3 Å². The van der Waals surface area contributed by atoms with Gasteiger partial charge in [0.05, 0.1) is 23.5 Å². The maximum absolute atomic E-state index is 12.9. The minimum atomic E-state index is -4.30. The summed E-state index contributed by atoms with van der Waals surface area (Å²) in [6, 6.07) is 12.0. The highest BCUT2D eigenvalue weighted by molar-refractivity contribution is 7.99. The second-order valence-corrected chi connectivity index (χ2v) is 19.7. The molecule has 4 aliphatic heterocycles. The summed E-state index contributed by atoms with van der Waals surface area (Å²) in [6.45, 7) is 7.82. The lowest BCUT2D eigenvalue weighted by Crippen LogP contribution is -2.35. The molecule has 4 fully saturated rings. The second kappa shape index (κ2) is 20.7. The normalized spacial score (nSPS) is 20.8. The molecule has 0 unspecified atom stereocenters.